The van der Waals surface area contributed by atoms with Gasteiger partial charge in [-0.25, -0.2) is 4.99 Å². The van der Waals surface area contributed by atoms with Gasteiger partial charge in [0.25, 0.3) is 5.91 Å². The van der Waals surface area contributed by atoms with Crippen molar-refractivity contribution in [3.63, 3.8) is 0 Å². The van der Waals surface area contributed by atoms with Crippen LogP contribution in [0.5, 0.6) is 11.5 Å². The van der Waals surface area contributed by atoms with Gasteiger partial charge in [0, 0.05) is 34.7 Å². The summed E-state index contributed by atoms with van der Waals surface area (Å²) in [6.45, 7) is 2.27. The van der Waals surface area contributed by atoms with Crippen LogP contribution in [0.2, 0.25) is 5.02 Å². The number of hydrogen-bond donors (Lipinski definition) is 2. The van der Waals surface area contributed by atoms with E-state index in [0.717, 1.165) is 16.8 Å². The van der Waals surface area contributed by atoms with E-state index >= 15 is 0 Å². The summed E-state index contributed by atoms with van der Waals surface area (Å²) in [7, 11) is 3.06. The number of nitrogens with zero attached hydrogens (tertiary/aromatic N) is 2. The molecular weight excluding hydrogens is 416 g/mol. The predicted octanol–water partition coefficient (Wildman–Crippen LogP) is 4.46. The summed E-state index contributed by atoms with van der Waals surface area (Å²) < 4.78 is 10.5. The second kappa shape index (κ2) is 10.4. The summed E-state index contributed by atoms with van der Waals surface area (Å²) >= 11 is 6.14. The number of carbonyl (C=O) groups excluding carboxylic acids is 1. The summed E-state index contributed by atoms with van der Waals surface area (Å²) in [6.07, 6.45) is 3.42. The van der Waals surface area contributed by atoms with Crippen molar-refractivity contribution in [1.82, 2.24) is 10.3 Å². The zero-order chi connectivity index (χ0) is 22.2. The molecule has 1 amide bonds. The fourth-order valence-electron chi connectivity index (χ4n) is 2.75. The van der Waals surface area contributed by atoms with Crippen molar-refractivity contribution < 1.29 is 14.3 Å². The van der Waals surface area contributed by atoms with Gasteiger partial charge in [-0.15, -0.1) is 0 Å². The molecule has 0 saturated carbocycles. The average molecular weight is 439 g/mol. The van der Waals surface area contributed by atoms with Gasteiger partial charge in [-0.2, -0.15) is 0 Å². The fourth-order valence-corrected chi connectivity index (χ4v) is 2.92. The number of nitrogens with one attached hydrogen (secondary N) is 2. The molecule has 2 N–H and O–H groups in total. The molecule has 0 atom stereocenters. The van der Waals surface area contributed by atoms with Gasteiger partial charge >= 0.3 is 0 Å². The Kier molecular flexibility index (Phi) is 7.45. The summed E-state index contributed by atoms with van der Waals surface area (Å²) in [5.41, 5.74) is 2.97. The molecule has 160 valence electrons. The Morgan fingerprint density at radius 3 is 2.48 bits per heavy atom. The lowest BCUT2D eigenvalue weighted by molar-refractivity contribution is 0.0976. The molecule has 3 aromatic rings. The first-order valence-corrected chi connectivity index (χ1v) is 9.87. The Labute approximate surface area is 186 Å². The Hall–Kier alpha value is -3.58. The molecule has 0 fully saturated rings. The van der Waals surface area contributed by atoms with Gasteiger partial charge in [-0.3, -0.25) is 15.1 Å². The van der Waals surface area contributed by atoms with E-state index in [1.54, 1.807) is 42.7 Å². The maximum absolute atomic E-state index is 13.0. The highest BCUT2D eigenvalue weighted by Gasteiger charge is 2.13. The Morgan fingerprint density at radius 2 is 1.84 bits per heavy atom. The van der Waals surface area contributed by atoms with E-state index in [9.17, 15) is 4.79 Å². The first-order chi connectivity index (χ1) is 15.0. The molecule has 7 nitrogen and oxygen atoms in total. The zero-order valence-corrected chi connectivity index (χ0v) is 18.2. The molecule has 1 heterocycles. The predicted molar refractivity (Wildman–Crippen MR) is 122 cm³/mol. The molecule has 0 aliphatic heterocycles. The first kappa shape index (κ1) is 22.1. The van der Waals surface area contributed by atoms with E-state index in [-0.39, 0.29) is 11.9 Å². The molecule has 0 unspecified atom stereocenters. The normalized spacial score (nSPS) is 11.0. The number of amides is 1. The number of methoxy groups -OCH3 is 2. The van der Waals surface area contributed by atoms with Gasteiger partial charge in [0.2, 0.25) is 5.96 Å². The largest absolute Gasteiger partial charge is 0.497 e. The number of guanidine groups is 1. The van der Waals surface area contributed by atoms with Crippen LogP contribution in [0, 0.1) is 6.92 Å². The highest BCUT2D eigenvalue weighted by molar-refractivity contribution is 6.31. The van der Waals surface area contributed by atoms with E-state index in [2.05, 4.69) is 20.6 Å². The van der Waals surface area contributed by atoms with Crippen LogP contribution in [0.3, 0.4) is 0 Å². The molecule has 8 heteroatoms. The molecule has 2 aromatic carbocycles. The number of carbonyl (C=O) groups is 1. The smallest absolute Gasteiger partial charge is 0.258 e. The quantitative estimate of drug-likeness (QED) is 0.438. The van der Waals surface area contributed by atoms with Crippen molar-refractivity contribution in [2.24, 2.45) is 4.99 Å². The van der Waals surface area contributed by atoms with Crippen molar-refractivity contribution in [3.05, 3.63) is 82.6 Å². The van der Waals surface area contributed by atoms with Gasteiger partial charge in [0.15, 0.2) is 0 Å². The maximum Gasteiger partial charge on any atom is 0.258 e. The van der Waals surface area contributed by atoms with Crippen LogP contribution in [0.4, 0.5) is 5.69 Å². The second-order valence-electron chi connectivity index (χ2n) is 6.67. The van der Waals surface area contributed by atoms with Crippen LogP contribution in [0.1, 0.15) is 21.5 Å². The monoisotopic (exact) mass is 438 g/mol. The molecule has 31 heavy (non-hydrogen) atoms. The van der Waals surface area contributed by atoms with Gasteiger partial charge in [0.05, 0.1) is 20.8 Å². The molecule has 0 radical (unpaired) electrons. The van der Waals surface area contributed by atoms with E-state index < -0.39 is 0 Å². The molecule has 0 aliphatic rings. The third-order valence-electron chi connectivity index (χ3n) is 4.44. The summed E-state index contributed by atoms with van der Waals surface area (Å²) in [5, 5.41) is 6.57. The zero-order valence-electron chi connectivity index (χ0n) is 17.5. The van der Waals surface area contributed by atoms with Crippen LogP contribution >= 0.6 is 11.6 Å². The topological polar surface area (TPSA) is 84.8 Å². The minimum absolute atomic E-state index is 0.279. The van der Waals surface area contributed by atoms with Gasteiger partial charge < -0.3 is 14.8 Å². The number of aliphatic imine (C=N–C) groups is 1. The molecule has 3 rings (SSSR count). The number of rotatable bonds is 6. The third-order valence-corrected chi connectivity index (χ3v) is 4.68. The molecule has 0 spiro atoms. The highest BCUT2D eigenvalue weighted by Crippen LogP contribution is 2.23. The Morgan fingerprint density at radius 1 is 1.10 bits per heavy atom. The number of anilines is 1. The van der Waals surface area contributed by atoms with Crippen molar-refractivity contribution in [2.45, 2.75) is 13.5 Å². The molecular formula is C23H23ClN4O3. The summed E-state index contributed by atoms with van der Waals surface area (Å²) in [6, 6.07) is 14.2. The minimum atomic E-state index is -0.366. The average Bonchev–Trinajstić information content (AvgIpc) is 2.80. The number of benzene rings is 2. The number of pyridine rings is 1. The van der Waals surface area contributed by atoms with E-state index in [4.69, 9.17) is 21.1 Å². The molecule has 0 bridgehead atoms. The van der Waals surface area contributed by atoms with E-state index in [1.165, 1.54) is 14.2 Å². The summed E-state index contributed by atoms with van der Waals surface area (Å²) in [5.74, 6) is 0.935. The minimum Gasteiger partial charge on any atom is -0.497 e. The fraction of sp³-hybridized carbons (Fsp3) is 0.174. The standard InChI is InChI=1S/C23H23ClN4O3/c1-15-6-7-18(24)11-21(15)27-23(26-14-16-5-4-8-25-13-16)28-22(29)17-9-19(30-2)12-20(10-17)31-3/h4-13H,14H2,1-3H3,(H2,26,27,28,29). The molecule has 0 saturated heterocycles. The lowest BCUT2D eigenvalue weighted by atomic mass is 10.2. The number of aryl methyl sites for hydroxylation is 1. The van der Waals surface area contributed by atoms with Crippen molar-refractivity contribution in [2.75, 3.05) is 19.5 Å². The van der Waals surface area contributed by atoms with Gasteiger partial charge in [-0.05, 0) is 48.4 Å². The Bertz CT molecular complexity index is 1070. The van der Waals surface area contributed by atoms with E-state index in [0.29, 0.717) is 28.6 Å². The number of halogens is 1. The van der Waals surface area contributed by atoms with Crippen LogP contribution in [-0.4, -0.2) is 31.1 Å². The van der Waals surface area contributed by atoms with Crippen LogP contribution in [-0.2, 0) is 6.54 Å². The Balaban J connectivity index is 1.88. The summed E-state index contributed by atoms with van der Waals surface area (Å²) in [4.78, 5) is 21.6. The van der Waals surface area contributed by atoms with Crippen LogP contribution < -0.4 is 20.1 Å². The number of hydrogen-bond acceptors (Lipinski definition) is 5. The lowest BCUT2D eigenvalue weighted by Crippen LogP contribution is -2.36. The highest BCUT2D eigenvalue weighted by atomic mass is 35.5. The van der Waals surface area contributed by atoms with Gasteiger partial charge in [0.1, 0.15) is 11.5 Å². The first-order valence-electron chi connectivity index (χ1n) is 9.49. The maximum atomic E-state index is 13.0. The van der Waals surface area contributed by atoms with E-state index in [1.807, 2.05) is 25.1 Å². The SMILES string of the molecule is COc1cc(OC)cc(C(=O)NC(=NCc2cccnc2)Nc2cc(Cl)ccc2C)c1. The second-order valence-corrected chi connectivity index (χ2v) is 7.10. The van der Waals surface area contributed by atoms with Crippen LogP contribution in [0.15, 0.2) is 65.9 Å². The molecule has 1 aromatic heterocycles. The number of ether oxygens (including phenoxy) is 2. The van der Waals surface area contributed by atoms with Crippen molar-refractivity contribution in [1.29, 1.82) is 0 Å². The van der Waals surface area contributed by atoms with Gasteiger partial charge in [-0.1, -0.05) is 23.7 Å². The molecule has 0 aliphatic carbocycles. The third kappa shape index (κ3) is 6.20. The van der Waals surface area contributed by atoms with Crippen LogP contribution in [0.25, 0.3) is 0 Å². The van der Waals surface area contributed by atoms with Crippen molar-refractivity contribution in [3.8, 4) is 11.5 Å². The number of aromatic nitrogens is 1. The lowest BCUT2D eigenvalue weighted by Gasteiger charge is -2.15. The van der Waals surface area contributed by atoms with Crippen molar-refractivity contribution >= 4 is 29.2 Å².